The molecule has 0 aliphatic heterocycles. The Labute approximate surface area is 213 Å². The van der Waals surface area contributed by atoms with Crippen molar-refractivity contribution < 1.29 is 107 Å². The van der Waals surface area contributed by atoms with Crippen LogP contribution < -0.4 is 0 Å². The van der Waals surface area contributed by atoms with Crippen molar-refractivity contribution >= 4 is 0 Å². The molecule has 0 unspecified atom stereocenters. The van der Waals surface area contributed by atoms with E-state index in [1.807, 2.05) is 0 Å². The molecule has 0 saturated carbocycles. The number of benzene rings is 2. The fourth-order valence-corrected chi connectivity index (χ4v) is 2.95. The number of hydrogen-bond acceptors (Lipinski definition) is 3. The van der Waals surface area contributed by atoms with E-state index in [0.717, 1.165) is 0 Å². The van der Waals surface area contributed by atoms with Gasteiger partial charge in [-0.2, -0.15) is 48.3 Å². The van der Waals surface area contributed by atoms with E-state index in [0.29, 0.717) is 0 Å². The summed E-state index contributed by atoms with van der Waals surface area (Å²) in [6, 6.07) is 0. The number of aliphatic hydroxyl groups is 1. The molecular weight excluding hydrogens is 663 g/mol. The SMILES string of the molecule is OC(F)(F)C(OC(F)(F)C(F)(F)OC(F)(F)C(F)(F)F)(c1c(F)c(F)c(F)c(F)c1F)c1c(F)c(F)c(F)c(F)c1F. The van der Waals surface area contributed by atoms with Gasteiger partial charge in [0.25, 0.3) is 0 Å². The third-order valence-corrected chi connectivity index (χ3v) is 4.75. The highest BCUT2D eigenvalue weighted by Crippen LogP contribution is 2.56. The van der Waals surface area contributed by atoms with Gasteiger partial charge in [0.2, 0.25) is 17.2 Å². The summed E-state index contributed by atoms with van der Waals surface area (Å²) in [6.45, 7) is 0. The van der Waals surface area contributed by atoms with Crippen molar-refractivity contribution in [2.75, 3.05) is 0 Å². The zero-order valence-electron chi connectivity index (χ0n) is 18.2. The lowest BCUT2D eigenvalue weighted by Gasteiger charge is -2.41. The van der Waals surface area contributed by atoms with Crippen molar-refractivity contribution in [3.8, 4) is 0 Å². The molecule has 1 N–H and O–H groups in total. The maximum atomic E-state index is 14.5. The van der Waals surface area contributed by atoms with Crippen LogP contribution >= 0.6 is 0 Å². The summed E-state index contributed by atoms with van der Waals surface area (Å²) in [6.07, 6.45) is -38.1. The second-order valence-electron chi connectivity index (χ2n) is 7.36. The molecule has 2 aromatic rings. The summed E-state index contributed by atoms with van der Waals surface area (Å²) in [5, 5.41) is 9.08. The topological polar surface area (TPSA) is 38.7 Å². The van der Waals surface area contributed by atoms with Crippen molar-refractivity contribution in [3.05, 3.63) is 69.3 Å². The van der Waals surface area contributed by atoms with Crippen LogP contribution in [0.4, 0.5) is 92.2 Å². The van der Waals surface area contributed by atoms with Gasteiger partial charge < -0.3 is 5.11 Å². The zero-order chi connectivity index (χ0) is 33.3. The molecule has 238 valence electrons. The van der Waals surface area contributed by atoms with Crippen LogP contribution in [0.25, 0.3) is 0 Å². The Balaban J connectivity index is 3.26. The standard InChI is InChI=1S/C18HF21O3/c19-3-1(4(20)8(24)11(27)7(3)23)13(15(32,33)40,2-5(21)9(25)12(28)10(26)6(2)22)41-17(36,37)18(38,39)42-16(34,35)14(29,30)31/h40H. The lowest BCUT2D eigenvalue weighted by atomic mass is 9.82. The van der Waals surface area contributed by atoms with Crippen LogP contribution in [-0.2, 0) is 15.1 Å². The zero-order valence-corrected chi connectivity index (χ0v) is 18.2. The predicted molar refractivity (Wildman–Crippen MR) is 83.5 cm³/mol. The Morgan fingerprint density at radius 1 is 0.357 bits per heavy atom. The first-order valence-electron chi connectivity index (χ1n) is 9.26. The van der Waals surface area contributed by atoms with Crippen LogP contribution in [0.1, 0.15) is 11.1 Å². The summed E-state index contributed by atoms with van der Waals surface area (Å²) in [7, 11) is 0. The van der Waals surface area contributed by atoms with E-state index in [-0.39, 0.29) is 0 Å². The van der Waals surface area contributed by atoms with Crippen LogP contribution in [-0.4, -0.2) is 35.7 Å². The molecule has 0 aromatic heterocycles. The van der Waals surface area contributed by atoms with E-state index in [4.69, 9.17) is 5.11 Å². The summed E-state index contributed by atoms with van der Waals surface area (Å²) in [5.74, 6) is -38.2. The van der Waals surface area contributed by atoms with E-state index in [1.165, 1.54) is 4.74 Å². The summed E-state index contributed by atoms with van der Waals surface area (Å²) in [5.41, 5.74) is -15.4. The molecule has 0 bridgehead atoms. The fourth-order valence-electron chi connectivity index (χ4n) is 2.95. The van der Waals surface area contributed by atoms with Gasteiger partial charge in [-0.25, -0.2) is 48.6 Å². The monoisotopic (exact) mass is 664 g/mol. The first kappa shape index (κ1) is 35.0. The molecule has 0 atom stereocenters. The molecule has 0 heterocycles. The van der Waals surface area contributed by atoms with Crippen LogP contribution in [0, 0.1) is 58.2 Å². The largest absolute Gasteiger partial charge is 0.483 e. The van der Waals surface area contributed by atoms with Gasteiger partial charge >= 0.3 is 30.6 Å². The maximum Gasteiger partial charge on any atom is 0.483 e. The molecule has 0 amide bonds. The van der Waals surface area contributed by atoms with Crippen molar-refractivity contribution in [2.24, 2.45) is 0 Å². The van der Waals surface area contributed by atoms with Gasteiger partial charge in [-0.3, -0.25) is 4.74 Å². The third-order valence-electron chi connectivity index (χ3n) is 4.75. The molecular formula is C18HF21O3. The minimum atomic E-state index is -7.96. The Morgan fingerprint density at radius 3 is 0.833 bits per heavy atom. The van der Waals surface area contributed by atoms with E-state index < -0.39 is 106 Å². The Bertz CT molecular complexity index is 1270. The van der Waals surface area contributed by atoms with E-state index in [1.54, 1.807) is 0 Å². The Morgan fingerprint density at radius 2 is 0.595 bits per heavy atom. The average Bonchev–Trinajstić information content (AvgIpc) is 2.81. The van der Waals surface area contributed by atoms with E-state index in [2.05, 4.69) is 4.74 Å². The number of halogens is 21. The van der Waals surface area contributed by atoms with Crippen LogP contribution in [0.2, 0.25) is 0 Å². The molecule has 42 heavy (non-hydrogen) atoms. The number of hydrogen-bond donors (Lipinski definition) is 1. The van der Waals surface area contributed by atoms with Gasteiger partial charge in [-0.15, -0.1) is 0 Å². The quantitative estimate of drug-likeness (QED) is 0.183. The van der Waals surface area contributed by atoms with Gasteiger partial charge in [0.15, 0.2) is 46.5 Å². The van der Waals surface area contributed by atoms with Crippen LogP contribution in [0.3, 0.4) is 0 Å². The number of rotatable bonds is 8. The van der Waals surface area contributed by atoms with Crippen LogP contribution in [0.5, 0.6) is 0 Å². The molecule has 0 aliphatic carbocycles. The second-order valence-corrected chi connectivity index (χ2v) is 7.36. The molecule has 24 heteroatoms. The van der Waals surface area contributed by atoms with Crippen molar-refractivity contribution in [1.82, 2.24) is 0 Å². The Kier molecular flexibility index (Phi) is 8.54. The maximum absolute atomic E-state index is 14.5. The molecule has 3 nitrogen and oxygen atoms in total. The first-order chi connectivity index (χ1) is 18.5. The normalized spacial score (nSPS) is 14.1. The minimum absolute atomic E-state index is 1.45. The predicted octanol–water partition coefficient (Wildman–Crippen LogP) is 7.28. The molecule has 2 aromatic carbocycles. The van der Waals surface area contributed by atoms with Gasteiger partial charge in [-0.1, -0.05) is 0 Å². The van der Waals surface area contributed by atoms with Crippen molar-refractivity contribution in [1.29, 1.82) is 0 Å². The molecule has 0 fully saturated rings. The minimum Gasteiger partial charge on any atom is -0.333 e. The van der Waals surface area contributed by atoms with Gasteiger partial charge in [-0.05, 0) is 0 Å². The van der Waals surface area contributed by atoms with Gasteiger partial charge in [0, 0.05) is 0 Å². The third kappa shape index (κ3) is 5.16. The van der Waals surface area contributed by atoms with Crippen molar-refractivity contribution in [3.63, 3.8) is 0 Å². The lowest BCUT2D eigenvalue weighted by molar-refractivity contribution is -0.532. The summed E-state index contributed by atoms with van der Waals surface area (Å²) in [4.78, 5) is 0. The molecule has 0 saturated heterocycles. The van der Waals surface area contributed by atoms with Gasteiger partial charge in [0.05, 0.1) is 11.1 Å². The van der Waals surface area contributed by atoms with E-state index in [9.17, 15) is 92.2 Å². The highest BCUT2D eigenvalue weighted by molar-refractivity contribution is 5.44. The highest BCUT2D eigenvalue weighted by Gasteiger charge is 2.76. The number of ether oxygens (including phenoxy) is 2. The average molecular weight is 664 g/mol. The van der Waals surface area contributed by atoms with Crippen LogP contribution in [0.15, 0.2) is 0 Å². The molecule has 0 spiro atoms. The van der Waals surface area contributed by atoms with Gasteiger partial charge in [0.1, 0.15) is 0 Å². The molecule has 0 radical (unpaired) electrons. The smallest absolute Gasteiger partial charge is 0.333 e. The fraction of sp³-hybridized carbons (Fsp3) is 0.333. The van der Waals surface area contributed by atoms with Crippen molar-refractivity contribution in [2.45, 2.75) is 36.2 Å². The molecule has 0 aliphatic rings. The second kappa shape index (κ2) is 10.2. The highest BCUT2D eigenvalue weighted by atomic mass is 19.4. The summed E-state index contributed by atoms with van der Waals surface area (Å²) >= 11 is 0. The summed E-state index contributed by atoms with van der Waals surface area (Å²) < 4.78 is 291. The lowest BCUT2D eigenvalue weighted by Crippen LogP contribution is -2.60. The Hall–Kier alpha value is -3.15. The first-order valence-corrected chi connectivity index (χ1v) is 9.26. The number of alkyl halides is 11. The molecule has 2 rings (SSSR count). The van der Waals surface area contributed by atoms with E-state index >= 15 is 0 Å².